The molecule has 4 nitrogen and oxygen atoms in total. The van der Waals surface area contributed by atoms with Crippen molar-refractivity contribution < 1.29 is 26.3 Å². The first-order chi connectivity index (χ1) is 10.7. The van der Waals surface area contributed by atoms with Crippen molar-refractivity contribution >= 4 is 10.0 Å². The third-order valence-electron chi connectivity index (χ3n) is 6.34. The van der Waals surface area contributed by atoms with Crippen molar-refractivity contribution in [3.05, 3.63) is 0 Å². The van der Waals surface area contributed by atoms with E-state index in [9.17, 15) is 21.6 Å². The summed E-state index contributed by atoms with van der Waals surface area (Å²) in [4.78, 5) is 0. The first kappa shape index (κ1) is 16.1. The summed E-state index contributed by atoms with van der Waals surface area (Å²) >= 11 is 0. The zero-order valence-corrected chi connectivity index (χ0v) is 13.7. The lowest BCUT2D eigenvalue weighted by Gasteiger charge is -2.35. The fourth-order valence-corrected chi connectivity index (χ4v) is 7.49. The molecule has 2 saturated carbocycles. The van der Waals surface area contributed by atoms with Crippen LogP contribution in [0.5, 0.6) is 0 Å². The first-order valence-corrected chi connectivity index (χ1v) is 9.95. The second kappa shape index (κ2) is 5.08. The fraction of sp³-hybridized carbons (Fsp3) is 1.00. The summed E-state index contributed by atoms with van der Waals surface area (Å²) in [6.45, 7) is 0.378. The molecule has 1 spiro atoms. The first-order valence-electron chi connectivity index (χ1n) is 8.45. The molecule has 4 aliphatic rings. The maximum Gasteiger partial charge on any atom is 0.414 e. The largest absolute Gasteiger partial charge is 0.414 e. The molecule has 4 atom stereocenters. The van der Waals surface area contributed by atoms with Gasteiger partial charge in [-0.15, -0.1) is 0 Å². The van der Waals surface area contributed by atoms with Crippen LogP contribution in [0.4, 0.5) is 13.2 Å². The lowest BCUT2D eigenvalue weighted by atomic mass is 9.92. The Morgan fingerprint density at radius 2 is 1.87 bits per heavy atom. The number of hydrogen-bond acceptors (Lipinski definition) is 3. The topological polar surface area (TPSA) is 46.6 Å². The van der Waals surface area contributed by atoms with Gasteiger partial charge in [-0.25, -0.2) is 8.42 Å². The Kier molecular flexibility index (Phi) is 3.57. The van der Waals surface area contributed by atoms with Crippen molar-refractivity contribution in [2.45, 2.75) is 68.0 Å². The van der Waals surface area contributed by atoms with Crippen molar-refractivity contribution in [1.29, 1.82) is 0 Å². The van der Waals surface area contributed by atoms with Crippen LogP contribution in [0.3, 0.4) is 0 Å². The second-order valence-corrected chi connectivity index (χ2v) is 9.66. The van der Waals surface area contributed by atoms with Crippen molar-refractivity contribution in [3.8, 4) is 0 Å². The summed E-state index contributed by atoms with van der Waals surface area (Å²) in [5.41, 5.74) is -0.258. The van der Waals surface area contributed by atoms with Crippen LogP contribution >= 0.6 is 0 Å². The van der Waals surface area contributed by atoms with Crippen LogP contribution in [0, 0.1) is 11.8 Å². The monoisotopic (exact) mass is 353 g/mol. The normalized spacial score (nSPS) is 40.5. The van der Waals surface area contributed by atoms with Crippen LogP contribution < -0.4 is 0 Å². The smallest absolute Gasteiger partial charge is 0.369 e. The molecule has 2 aliphatic carbocycles. The van der Waals surface area contributed by atoms with E-state index in [-0.39, 0.29) is 18.6 Å². The Hall–Kier alpha value is -0.340. The number of halogens is 3. The lowest BCUT2D eigenvalue weighted by Crippen LogP contribution is -2.49. The zero-order chi connectivity index (χ0) is 16.5. The van der Waals surface area contributed by atoms with Gasteiger partial charge in [0.1, 0.15) is 0 Å². The Labute approximate surface area is 134 Å². The minimum absolute atomic E-state index is 0.137. The standard InChI is InChI=1S/C15H22F3NO3S/c16-15(17,18)13-8-11(4-7-22-13)23(20,21)19-9-10-2-1-3-12(10)14(19)5-6-14/h10-13H,1-9H2/t10-,11?,12-,13?/m0/s1. The van der Waals surface area contributed by atoms with Gasteiger partial charge in [0.2, 0.25) is 10.0 Å². The van der Waals surface area contributed by atoms with Crippen LogP contribution in [-0.4, -0.2) is 48.9 Å². The van der Waals surface area contributed by atoms with Gasteiger partial charge in [-0.05, 0) is 43.9 Å². The average Bonchev–Trinajstić information content (AvgIpc) is 3.02. The van der Waals surface area contributed by atoms with E-state index in [1.165, 1.54) is 0 Å². The van der Waals surface area contributed by atoms with Gasteiger partial charge in [-0.3, -0.25) is 0 Å². The highest BCUT2D eigenvalue weighted by molar-refractivity contribution is 7.89. The summed E-state index contributed by atoms with van der Waals surface area (Å²) in [6.07, 6.45) is -1.73. The number of nitrogens with zero attached hydrogens (tertiary/aromatic N) is 1. The Morgan fingerprint density at radius 3 is 2.52 bits per heavy atom. The molecule has 0 bridgehead atoms. The van der Waals surface area contributed by atoms with E-state index in [2.05, 4.69) is 0 Å². The third-order valence-corrected chi connectivity index (χ3v) is 8.74. The minimum atomic E-state index is -4.49. The molecule has 2 saturated heterocycles. The van der Waals surface area contributed by atoms with Gasteiger partial charge in [-0.2, -0.15) is 17.5 Å². The van der Waals surface area contributed by atoms with Crippen LogP contribution in [-0.2, 0) is 14.8 Å². The Balaban J connectivity index is 1.56. The average molecular weight is 353 g/mol. The third kappa shape index (κ3) is 2.43. The molecule has 0 radical (unpaired) electrons. The number of sulfonamides is 1. The number of hydrogen-bond donors (Lipinski definition) is 0. The Morgan fingerprint density at radius 1 is 1.13 bits per heavy atom. The molecule has 0 N–H and O–H groups in total. The molecule has 0 amide bonds. The van der Waals surface area contributed by atoms with Gasteiger partial charge in [-0.1, -0.05) is 6.42 Å². The predicted molar refractivity (Wildman–Crippen MR) is 77.2 cm³/mol. The van der Waals surface area contributed by atoms with Crippen LogP contribution in [0.15, 0.2) is 0 Å². The van der Waals surface area contributed by atoms with Gasteiger partial charge >= 0.3 is 6.18 Å². The lowest BCUT2D eigenvalue weighted by molar-refractivity contribution is -0.229. The van der Waals surface area contributed by atoms with E-state index in [1.54, 1.807) is 4.31 Å². The molecule has 2 heterocycles. The minimum Gasteiger partial charge on any atom is -0.369 e. The molecule has 0 aromatic rings. The highest BCUT2D eigenvalue weighted by Gasteiger charge is 2.66. The van der Waals surface area contributed by atoms with E-state index < -0.39 is 34.0 Å². The van der Waals surface area contributed by atoms with E-state index in [0.29, 0.717) is 18.4 Å². The molecule has 0 aromatic heterocycles. The van der Waals surface area contributed by atoms with E-state index in [1.807, 2.05) is 0 Å². The quantitative estimate of drug-likeness (QED) is 0.767. The van der Waals surface area contributed by atoms with Crippen molar-refractivity contribution in [2.24, 2.45) is 11.8 Å². The zero-order valence-electron chi connectivity index (χ0n) is 12.9. The number of fused-ring (bicyclic) bond motifs is 2. The fourth-order valence-electron chi connectivity index (χ4n) is 5.09. The van der Waals surface area contributed by atoms with Gasteiger partial charge < -0.3 is 4.74 Å². The number of ether oxygens (including phenoxy) is 1. The summed E-state index contributed by atoms with van der Waals surface area (Å²) in [5.74, 6) is 0.834. The molecule has 2 unspecified atom stereocenters. The summed E-state index contributed by atoms with van der Waals surface area (Å²) in [6, 6.07) is 0. The molecule has 8 heteroatoms. The summed E-state index contributed by atoms with van der Waals surface area (Å²) in [7, 11) is -3.69. The van der Waals surface area contributed by atoms with Crippen LogP contribution in [0.2, 0.25) is 0 Å². The molecule has 4 rings (SSSR count). The van der Waals surface area contributed by atoms with E-state index in [0.717, 1.165) is 32.1 Å². The SMILES string of the molecule is O=S(=O)(C1CCOC(C(F)(F)F)C1)N1C[C@@H]2CCC[C@@H]2C12CC2. The van der Waals surface area contributed by atoms with Gasteiger partial charge in [0.25, 0.3) is 0 Å². The molecular formula is C15H22F3NO3S. The van der Waals surface area contributed by atoms with Gasteiger partial charge in [0.15, 0.2) is 6.10 Å². The molecular weight excluding hydrogens is 331 g/mol. The predicted octanol–water partition coefficient (Wildman–Crippen LogP) is 2.69. The highest BCUT2D eigenvalue weighted by Crippen LogP contribution is 2.61. The second-order valence-electron chi connectivity index (χ2n) is 7.52. The summed E-state index contributed by atoms with van der Waals surface area (Å²) < 4.78 is 71.2. The number of alkyl halides is 3. The van der Waals surface area contributed by atoms with Gasteiger partial charge in [0, 0.05) is 25.1 Å². The summed E-state index contributed by atoms with van der Waals surface area (Å²) in [5, 5.41) is -0.959. The van der Waals surface area contributed by atoms with Crippen LogP contribution in [0.25, 0.3) is 0 Å². The molecule has 23 heavy (non-hydrogen) atoms. The molecule has 132 valence electrons. The maximum atomic E-state index is 13.1. The van der Waals surface area contributed by atoms with Gasteiger partial charge in [0.05, 0.1) is 5.25 Å². The Bertz CT molecular complexity index is 587. The van der Waals surface area contributed by atoms with E-state index >= 15 is 0 Å². The molecule has 4 fully saturated rings. The van der Waals surface area contributed by atoms with Crippen LogP contribution in [0.1, 0.15) is 44.9 Å². The number of rotatable bonds is 2. The van der Waals surface area contributed by atoms with Crippen molar-refractivity contribution in [2.75, 3.05) is 13.2 Å². The van der Waals surface area contributed by atoms with Crippen molar-refractivity contribution in [1.82, 2.24) is 4.31 Å². The highest BCUT2D eigenvalue weighted by atomic mass is 32.2. The van der Waals surface area contributed by atoms with Crippen molar-refractivity contribution in [3.63, 3.8) is 0 Å². The maximum absolute atomic E-state index is 13.1. The molecule has 2 aliphatic heterocycles. The van der Waals surface area contributed by atoms with E-state index in [4.69, 9.17) is 4.74 Å². The molecule has 0 aromatic carbocycles.